The summed E-state index contributed by atoms with van der Waals surface area (Å²) in [5.41, 5.74) is 1.37. The fourth-order valence-corrected chi connectivity index (χ4v) is 6.05. The SMILES string of the molecule is CCCC(c1nnnn1C1CCCC1)N(Cc1cc2cc3c(cc2[nH]c1=O)OCCO3)CC1CCCO1. The Balaban J connectivity index is 1.35. The van der Waals surface area contributed by atoms with Crippen LogP contribution < -0.4 is 15.0 Å². The van der Waals surface area contributed by atoms with Crippen LogP contribution in [0.2, 0.25) is 0 Å². The molecule has 1 saturated carbocycles. The molecule has 1 N–H and O–H groups in total. The maximum atomic E-state index is 13.3. The first-order chi connectivity index (χ1) is 18.2. The quantitative estimate of drug-likeness (QED) is 0.463. The normalized spacial score (nSPS) is 20.8. The van der Waals surface area contributed by atoms with Crippen LogP contribution in [-0.2, 0) is 11.3 Å². The molecule has 0 bridgehead atoms. The number of nitrogens with zero attached hydrogens (tertiary/aromatic N) is 5. The minimum atomic E-state index is -0.0906. The van der Waals surface area contributed by atoms with Crippen molar-refractivity contribution in [1.29, 1.82) is 0 Å². The fourth-order valence-electron chi connectivity index (χ4n) is 6.05. The van der Waals surface area contributed by atoms with E-state index in [4.69, 9.17) is 14.2 Å². The molecule has 6 rings (SSSR count). The van der Waals surface area contributed by atoms with Crippen molar-refractivity contribution in [2.24, 2.45) is 0 Å². The zero-order chi connectivity index (χ0) is 25.2. The Labute approximate surface area is 216 Å². The molecule has 0 amide bonds. The zero-order valence-electron chi connectivity index (χ0n) is 21.5. The molecule has 2 fully saturated rings. The number of fused-ring (bicyclic) bond motifs is 2. The highest BCUT2D eigenvalue weighted by atomic mass is 16.6. The lowest BCUT2D eigenvalue weighted by atomic mass is 10.0. The summed E-state index contributed by atoms with van der Waals surface area (Å²) >= 11 is 0. The first kappa shape index (κ1) is 24.4. The first-order valence-electron chi connectivity index (χ1n) is 13.8. The van der Waals surface area contributed by atoms with Crippen molar-refractivity contribution in [3.63, 3.8) is 0 Å². The molecule has 2 atom stereocenters. The number of tetrazole rings is 1. The number of hydrogen-bond acceptors (Lipinski definition) is 8. The molecule has 37 heavy (non-hydrogen) atoms. The maximum Gasteiger partial charge on any atom is 0.252 e. The Morgan fingerprint density at radius 2 is 1.89 bits per heavy atom. The van der Waals surface area contributed by atoms with Gasteiger partial charge in [-0.2, -0.15) is 0 Å². The third-order valence-corrected chi connectivity index (χ3v) is 7.91. The minimum absolute atomic E-state index is 0.000151. The van der Waals surface area contributed by atoms with Crippen molar-refractivity contribution in [3.05, 3.63) is 39.9 Å². The van der Waals surface area contributed by atoms with Crippen molar-refractivity contribution >= 4 is 10.9 Å². The van der Waals surface area contributed by atoms with Crippen LogP contribution in [0.15, 0.2) is 23.0 Å². The van der Waals surface area contributed by atoms with Gasteiger partial charge in [0.15, 0.2) is 17.3 Å². The highest BCUT2D eigenvalue weighted by molar-refractivity contribution is 5.83. The molecule has 1 saturated heterocycles. The van der Waals surface area contributed by atoms with Gasteiger partial charge in [-0.1, -0.05) is 26.2 Å². The van der Waals surface area contributed by atoms with Crippen LogP contribution in [0.3, 0.4) is 0 Å². The van der Waals surface area contributed by atoms with E-state index in [1.807, 2.05) is 18.2 Å². The van der Waals surface area contributed by atoms with Crippen molar-refractivity contribution in [2.75, 3.05) is 26.4 Å². The van der Waals surface area contributed by atoms with E-state index >= 15 is 0 Å². The summed E-state index contributed by atoms with van der Waals surface area (Å²) in [4.78, 5) is 18.7. The number of aromatic nitrogens is 5. The number of H-pyrrole nitrogens is 1. The molecule has 10 heteroatoms. The molecule has 4 heterocycles. The summed E-state index contributed by atoms with van der Waals surface area (Å²) in [7, 11) is 0. The van der Waals surface area contributed by atoms with Crippen LogP contribution in [0.4, 0.5) is 0 Å². The summed E-state index contributed by atoms with van der Waals surface area (Å²) in [6.45, 7) is 5.24. The second kappa shape index (κ2) is 10.8. The third kappa shape index (κ3) is 5.09. The lowest BCUT2D eigenvalue weighted by Crippen LogP contribution is -2.38. The number of nitrogens with one attached hydrogen (secondary N) is 1. The Kier molecular flexibility index (Phi) is 7.10. The Hall–Kier alpha value is -2.98. The average Bonchev–Trinajstić information content (AvgIpc) is 3.69. The van der Waals surface area contributed by atoms with Gasteiger partial charge in [-0.15, -0.1) is 5.10 Å². The molecule has 1 aromatic carbocycles. The van der Waals surface area contributed by atoms with E-state index in [0.717, 1.165) is 68.4 Å². The zero-order valence-corrected chi connectivity index (χ0v) is 21.5. The average molecular weight is 509 g/mol. The van der Waals surface area contributed by atoms with E-state index in [2.05, 4.69) is 37.0 Å². The summed E-state index contributed by atoms with van der Waals surface area (Å²) in [6.07, 6.45) is 8.80. The van der Waals surface area contributed by atoms with E-state index in [0.29, 0.717) is 42.9 Å². The fraction of sp³-hybridized carbons (Fsp3) is 0.630. The van der Waals surface area contributed by atoms with Crippen molar-refractivity contribution in [3.8, 4) is 11.5 Å². The molecule has 10 nitrogen and oxygen atoms in total. The molecule has 2 aliphatic heterocycles. The van der Waals surface area contributed by atoms with E-state index in [9.17, 15) is 4.79 Å². The summed E-state index contributed by atoms with van der Waals surface area (Å²) in [5.74, 6) is 2.29. The van der Waals surface area contributed by atoms with Crippen LogP contribution in [-0.4, -0.2) is 62.6 Å². The van der Waals surface area contributed by atoms with Crippen LogP contribution in [0.1, 0.15) is 81.8 Å². The predicted molar refractivity (Wildman–Crippen MR) is 138 cm³/mol. The number of rotatable bonds is 9. The van der Waals surface area contributed by atoms with Gasteiger partial charge >= 0.3 is 0 Å². The van der Waals surface area contributed by atoms with Crippen molar-refractivity contribution < 1.29 is 14.2 Å². The molecule has 1 aliphatic carbocycles. The van der Waals surface area contributed by atoms with Crippen LogP contribution in [0.5, 0.6) is 11.5 Å². The third-order valence-electron chi connectivity index (χ3n) is 7.91. The van der Waals surface area contributed by atoms with Gasteiger partial charge in [0.1, 0.15) is 13.2 Å². The van der Waals surface area contributed by atoms with E-state index < -0.39 is 0 Å². The van der Waals surface area contributed by atoms with Gasteiger partial charge in [0.05, 0.1) is 23.7 Å². The summed E-state index contributed by atoms with van der Waals surface area (Å²) in [5, 5.41) is 14.0. The van der Waals surface area contributed by atoms with Gasteiger partial charge in [0.25, 0.3) is 5.56 Å². The van der Waals surface area contributed by atoms with Gasteiger partial charge < -0.3 is 19.2 Å². The van der Waals surface area contributed by atoms with Gasteiger partial charge in [0.2, 0.25) is 0 Å². The molecule has 2 unspecified atom stereocenters. The molecule has 0 spiro atoms. The van der Waals surface area contributed by atoms with Crippen molar-refractivity contribution in [2.45, 2.75) is 83.0 Å². The van der Waals surface area contributed by atoms with E-state index in [1.165, 1.54) is 12.8 Å². The molecule has 3 aromatic rings. The number of benzene rings is 1. The van der Waals surface area contributed by atoms with E-state index in [-0.39, 0.29) is 17.7 Å². The lowest BCUT2D eigenvalue weighted by molar-refractivity contribution is 0.0471. The Morgan fingerprint density at radius 1 is 1.08 bits per heavy atom. The first-order valence-corrected chi connectivity index (χ1v) is 13.8. The highest BCUT2D eigenvalue weighted by Crippen LogP contribution is 2.36. The number of aromatic amines is 1. The second-order valence-electron chi connectivity index (χ2n) is 10.5. The second-order valence-corrected chi connectivity index (χ2v) is 10.5. The predicted octanol–water partition coefficient (Wildman–Crippen LogP) is 3.92. The molecular formula is C27H36N6O4. The Morgan fingerprint density at radius 3 is 2.65 bits per heavy atom. The molecule has 2 aromatic heterocycles. The van der Waals surface area contributed by atoms with Gasteiger partial charge in [-0.25, -0.2) is 4.68 Å². The monoisotopic (exact) mass is 508 g/mol. The van der Waals surface area contributed by atoms with Gasteiger partial charge in [-0.3, -0.25) is 9.69 Å². The van der Waals surface area contributed by atoms with E-state index in [1.54, 1.807) is 0 Å². The number of pyridine rings is 1. The van der Waals surface area contributed by atoms with Crippen molar-refractivity contribution in [1.82, 2.24) is 30.1 Å². The van der Waals surface area contributed by atoms with Gasteiger partial charge in [0, 0.05) is 36.7 Å². The largest absolute Gasteiger partial charge is 0.486 e. The number of hydrogen-bond donors (Lipinski definition) is 1. The molecule has 3 aliphatic rings. The Bertz CT molecular complexity index is 1280. The van der Waals surface area contributed by atoms with Crippen LogP contribution in [0.25, 0.3) is 10.9 Å². The lowest BCUT2D eigenvalue weighted by Gasteiger charge is -2.33. The molecule has 198 valence electrons. The highest BCUT2D eigenvalue weighted by Gasteiger charge is 2.32. The minimum Gasteiger partial charge on any atom is -0.486 e. The smallest absolute Gasteiger partial charge is 0.252 e. The summed E-state index contributed by atoms with van der Waals surface area (Å²) < 4.78 is 19.6. The van der Waals surface area contributed by atoms with Crippen LogP contribution >= 0.6 is 0 Å². The molecule has 0 radical (unpaired) electrons. The van der Waals surface area contributed by atoms with Crippen LogP contribution in [0, 0.1) is 0 Å². The maximum absolute atomic E-state index is 13.3. The number of ether oxygens (including phenoxy) is 3. The topological polar surface area (TPSA) is 107 Å². The summed E-state index contributed by atoms with van der Waals surface area (Å²) in [6, 6.07) is 6.15. The molecular weight excluding hydrogens is 472 g/mol. The standard InChI is InChI=1S/C27H36N6O4/c1-2-6-23(26-29-30-31-33(26)20-7-3-4-8-20)32(17-21-9-5-10-35-21)16-19-13-18-14-24-25(37-12-11-36-24)15-22(18)28-27(19)34/h13-15,20-21,23H,2-12,16-17H2,1H3,(H,28,34). The van der Waals surface area contributed by atoms with Gasteiger partial charge in [-0.05, 0) is 54.7 Å².